The van der Waals surface area contributed by atoms with E-state index in [9.17, 15) is 0 Å². The van der Waals surface area contributed by atoms with Crippen molar-refractivity contribution in [2.75, 3.05) is 17.2 Å². The molecule has 0 atom stereocenters. The summed E-state index contributed by atoms with van der Waals surface area (Å²) in [5.74, 6) is 2.63. The monoisotopic (exact) mass is 270 g/mol. The highest BCUT2D eigenvalue weighted by Crippen LogP contribution is 2.24. The van der Waals surface area contributed by atoms with Crippen LogP contribution in [0.1, 0.15) is 30.8 Å². The van der Waals surface area contributed by atoms with Gasteiger partial charge in [-0.05, 0) is 38.5 Å². The van der Waals surface area contributed by atoms with E-state index < -0.39 is 0 Å². The third-order valence-corrected chi connectivity index (χ3v) is 3.13. The van der Waals surface area contributed by atoms with Crippen molar-refractivity contribution in [3.63, 3.8) is 0 Å². The van der Waals surface area contributed by atoms with Crippen LogP contribution in [0.3, 0.4) is 0 Å². The molecule has 0 bridgehead atoms. The van der Waals surface area contributed by atoms with E-state index in [1.165, 1.54) is 5.56 Å². The Bertz CT molecular complexity index is 593. The fourth-order valence-electron chi connectivity index (χ4n) is 2.04. The smallest absolute Gasteiger partial charge is 0.139 e. The molecule has 4 nitrogen and oxygen atoms in total. The summed E-state index contributed by atoms with van der Waals surface area (Å²) in [7, 11) is 0. The van der Waals surface area contributed by atoms with Crippen LogP contribution < -0.4 is 10.6 Å². The van der Waals surface area contributed by atoms with Gasteiger partial charge in [0, 0.05) is 24.2 Å². The quantitative estimate of drug-likeness (QED) is 0.867. The highest BCUT2D eigenvalue weighted by atomic mass is 15.1. The number of rotatable bonds is 5. The molecule has 1 aromatic heterocycles. The van der Waals surface area contributed by atoms with E-state index in [1.54, 1.807) is 0 Å². The van der Waals surface area contributed by atoms with Gasteiger partial charge in [0.2, 0.25) is 0 Å². The van der Waals surface area contributed by atoms with Crippen molar-refractivity contribution >= 4 is 17.3 Å². The molecule has 0 radical (unpaired) electrons. The molecule has 0 saturated heterocycles. The lowest BCUT2D eigenvalue weighted by atomic mass is 10.2. The lowest BCUT2D eigenvalue weighted by Gasteiger charge is -2.14. The van der Waals surface area contributed by atoms with Crippen LogP contribution in [0.25, 0.3) is 0 Å². The molecule has 106 valence electrons. The van der Waals surface area contributed by atoms with Gasteiger partial charge < -0.3 is 10.6 Å². The van der Waals surface area contributed by atoms with Crippen molar-refractivity contribution in [3.05, 3.63) is 41.2 Å². The van der Waals surface area contributed by atoms with Crippen LogP contribution in [0.15, 0.2) is 24.3 Å². The number of nitrogens with one attached hydrogen (secondary N) is 2. The third-order valence-electron chi connectivity index (χ3n) is 3.13. The maximum Gasteiger partial charge on any atom is 0.139 e. The maximum atomic E-state index is 4.60. The first-order valence-corrected chi connectivity index (χ1v) is 7.09. The molecule has 0 saturated carbocycles. The summed E-state index contributed by atoms with van der Waals surface area (Å²) in [5.41, 5.74) is 3.33. The molecular formula is C16H22N4. The number of nitrogens with zero attached hydrogens (tertiary/aromatic N) is 2. The molecule has 0 aliphatic carbocycles. The summed E-state index contributed by atoms with van der Waals surface area (Å²) in [5, 5.41) is 6.69. The fourth-order valence-corrected chi connectivity index (χ4v) is 2.04. The van der Waals surface area contributed by atoms with Gasteiger partial charge in [-0.1, -0.05) is 19.1 Å². The van der Waals surface area contributed by atoms with E-state index in [2.05, 4.69) is 53.5 Å². The highest BCUT2D eigenvalue weighted by molar-refractivity contribution is 5.65. The van der Waals surface area contributed by atoms with Crippen LogP contribution in [-0.4, -0.2) is 16.5 Å². The minimum Gasteiger partial charge on any atom is -0.370 e. The molecule has 0 aliphatic heterocycles. The van der Waals surface area contributed by atoms with E-state index in [0.717, 1.165) is 41.7 Å². The van der Waals surface area contributed by atoms with E-state index in [4.69, 9.17) is 0 Å². The second kappa shape index (κ2) is 6.37. The molecule has 0 spiro atoms. The largest absolute Gasteiger partial charge is 0.370 e. The van der Waals surface area contributed by atoms with Gasteiger partial charge in [0.05, 0.1) is 0 Å². The Hall–Kier alpha value is -2.10. The Morgan fingerprint density at radius 3 is 2.45 bits per heavy atom. The van der Waals surface area contributed by atoms with Crippen LogP contribution in [-0.2, 0) is 6.42 Å². The number of hydrogen-bond donors (Lipinski definition) is 2. The summed E-state index contributed by atoms with van der Waals surface area (Å²) in [6.45, 7) is 9.11. The maximum absolute atomic E-state index is 4.60. The van der Waals surface area contributed by atoms with Crippen molar-refractivity contribution in [2.24, 2.45) is 0 Å². The molecule has 2 rings (SSSR count). The summed E-state index contributed by atoms with van der Waals surface area (Å²) in [6.07, 6.45) is 0.821. The molecule has 0 fully saturated rings. The van der Waals surface area contributed by atoms with E-state index >= 15 is 0 Å². The molecule has 1 heterocycles. The predicted octanol–water partition coefficient (Wildman–Crippen LogP) is 3.83. The predicted molar refractivity (Wildman–Crippen MR) is 84.8 cm³/mol. The number of anilines is 3. The SMILES string of the molecule is CCNc1nc(CC)nc(Nc2cccc(C)c2)c1C. The molecule has 2 N–H and O–H groups in total. The van der Waals surface area contributed by atoms with Gasteiger partial charge in [-0.3, -0.25) is 0 Å². The zero-order valence-electron chi connectivity index (χ0n) is 12.6. The van der Waals surface area contributed by atoms with Crippen molar-refractivity contribution in [3.8, 4) is 0 Å². The average molecular weight is 270 g/mol. The Labute approximate surface area is 120 Å². The van der Waals surface area contributed by atoms with Crippen LogP contribution in [0.5, 0.6) is 0 Å². The minimum atomic E-state index is 0.821. The normalized spacial score (nSPS) is 10.4. The average Bonchev–Trinajstić information content (AvgIpc) is 2.43. The lowest BCUT2D eigenvalue weighted by Crippen LogP contribution is -2.09. The van der Waals surface area contributed by atoms with Crippen LogP contribution in [0.2, 0.25) is 0 Å². The van der Waals surface area contributed by atoms with Gasteiger partial charge in [0.1, 0.15) is 17.5 Å². The zero-order chi connectivity index (χ0) is 14.5. The van der Waals surface area contributed by atoms with Crippen molar-refractivity contribution in [2.45, 2.75) is 34.1 Å². The second-order valence-corrected chi connectivity index (χ2v) is 4.84. The molecule has 20 heavy (non-hydrogen) atoms. The first-order chi connectivity index (χ1) is 9.63. The summed E-state index contributed by atoms with van der Waals surface area (Å²) in [6, 6.07) is 8.28. The fraction of sp³-hybridized carbons (Fsp3) is 0.375. The molecule has 4 heteroatoms. The van der Waals surface area contributed by atoms with Crippen LogP contribution in [0, 0.1) is 13.8 Å². The first-order valence-electron chi connectivity index (χ1n) is 7.09. The molecule has 2 aromatic rings. The van der Waals surface area contributed by atoms with Crippen molar-refractivity contribution in [1.82, 2.24) is 9.97 Å². The molecule has 0 amide bonds. The van der Waals surface area contributed by atoms with E-state index in [1.807, 2.05) is 19.1 Å². The Kier molecular flexibility index (Phi) is 4.56. The zero-order valence-corrected chi connectivity index (χ0v) is 12.6. The van der Waals surface area contributed by atoms with Crippen LogP contribution >= 0.6 is 0 Å². The van der Waals surface area contributed by atoms with E-state index in [0.29, 0.717) is 0 Å². The van der Waals surface area contributed by atoms with E-state index in [-0.39, 0.29) is 0 Å². The van der Waals surface area contributed by atoms with Gasteiger partial charge in [-0.15, -0.1) is 0 Å². The molecular weight excluding hydrogens is 248 g/mol. The number of aryl methyl sites for hydroxylation is 2. The Morgan fingerprint density at radius 2 is 1.80 bits per heavy atom. The molecule has 0 aliphatic rings. The van der Waals surface area contributed by atoms with Crippen molar-refractivity contribution < 1.29 is 0 Å². The minimum absolute atomic E-state index is 0.821. The summed E-state index contributed by atoms with van der Waals surface area (Å²) in [4.78, 5) is 9.13. The first kappa shape index (κ1) is 14.3. The second-order valence-electron chi connectivity index (χ2n) is 4.84. The van der Waals surface area contributed by atoms with Crippen molar-refractivity contribution in [1.29, 1.82) is 0 Å². The van der Waals surface area contributed by atoms with Gasteiger partial charge in [-0.2, -0.15) is 0 Å². The summed E-state index contributed by atoms with van der Waals surface area (Å²) < 4.78 is 0. The number of aromatic nitrogens is 2. The van der Waals surface area contributed by atoms with Gasteiger partial charge in [-0.25, -0.2) is 9.97 Å². The molecule has 1 aromatic carbocycles. The van der Waals surface area contributed by atoms with Gasteiger partial charge in [0.25, 0.3) is 0 Å². The number of benzene rings is 1. The van der Waals surface area contributed by atoms with Crippen LogP contribution in [0.4, 0.5) is 17.3 Å². The summed E-state index contributed by atoms with van der Waals surface area (Å²) >= 11 is 0. The van der Waals surface area contributed by atoms with Gasteiger partial charge >= 0.3 is 0 Å². The Balaban J connectivity index is 2.37. The Morgan fingerprint density at radius 1 is 1.05 bits per heavy atom. The highest BCUT2D eigenvalue weighted by Gasteiger charge is 2.10. The topological polar surface area (TPSA) is 49.8 Å². The standard InChI is InChI=1S/C16H22N4/c1-5-14-19-15(17-6-2)12(4)16(20-14)18-13-9-7-8-11(3)10-13/h7-10H,5-6H2,1-4H3,(H2,17,18,19,20). The molecule has 0 unspecified atom stereocenters. The van der Waals surface area contributed by atoms with Gasteiger partial charge in [0.15, 0.2) is 0 Å². The number of hydrogen-bond acceptors (Lipinski definition) is 4. The lowest BCUT2D eigenvalue weighted by molar-refractivity contribution is 0.930. The third kappa shape index (κ3) is 3.26.